The lowest BCUT2D eigenvalue weighted by atomic mass is 10.2. The molecule has 0 bridgehead atoms. The SMILES string of the molecule is CC(=O)Oc1ccc2[nH][nH]c(=O)c2c1. The van der Waals surface area contributed by atoms with Crippen molar-refractivity contribution in [2.45, 2.75) is 6.92 Å². The Bertz CT molecular complexity index is 538. The molecule has 5 nitrogen and oxygen atoms in total. The van der Waals surface area contributed by atoms with E-state index in [-0.39, 0.29) is 5.56 Å². The van der Waals surface area contributed by atoms with Crippen molar-refractivity contribution < 1.29 is 9.53 Å². The molecule has 0 aliphatic heterocycles. The highest BCUT2D eigenvalue weighted by Crippen LogP contribution is 2.16. The maximum atomic E-state index is 11.2. The van der Waals surface area contributed by atoms with E-state index in [9.17, 15) is 9.59 Å². The number of hydrogen-bond acceptors (Lipinski definition) is 3. The zero-order chi connectivity index (χ0) is 10.1. The van der Waals surface area contributed by atoms with E-state index in [1.165, 1.54) is 13.0 Å². The fourth-order valence-electron chi connectivity index (χ4n) is 1.24. The van der Waals surface area contributed by atoms with Gasteiger partial charge in [0.15, 0.2) is 0 Å². The highest BCUT2D eigenvalue weighted by molar-refractivity contribution is 5.80. The largest absolute Gasteiger partial charge is 0.427 e. The molecular weight excluding hydrogens is 184 g/mol. The summed E-state index contributed by atoms with van der Waals surface area (Å²) in [5, 5.41) is 5.60. The Morgan fingerprint density at radius 3 is 2.86 bits per heavy atom. The van der Waals surface area contributed by atoms with Crippen LogP contribution in [0.25, 0.3) is 10.9 Å². The van der Waals surface area contributed by atoms with Gasteiger partial charge in [0.25, 0.3) is 5.56 Å². The lowest BCUT2D eigenvalue weighted by molar-refractivity contribution is -0.131. The Labute approximate surface area is 78.7 Å². The van der Waals surface area contributed by atoms with Crippen LogP contribution in [0.5, 0.6) is 5.75 Å². The van der Waals surface area contributed by atoms with Crippen molar-refractivity contribution in [1.29, 1.82) is 0 Å². The number of carbonyl (C=O) groups excluding carboxylic acids is 1. The second-order valence-corrected chi connectivity index (χ2v) is 2.88. The molecule has 0 aliphatic rings. The summed E-state index contributed by atoms with van der Waals surface area (Å²) in [6, 6.07) is 4.81. The van der Waals surface area contributed by atoms with Gasteiger partial charge in [-0.15, -0.1) is 0 Å². The van der Waals surface area contributed by atoms with Crippen molar-refractivity contribution in [2.75, 3.05) is 0 Å². The van der Waals surface area contributed by atoms with Crippen LogP contribution in [0, 0.1) is 0 Å². The van der Waals surface area contributed by atoms with Crippen LogP contribution in [0.2, 0.25) is 0 Å². The molecule has 14 heavy (non-hydrogen) atoms. The predicted octanol–water partition coefficient (Wildman–Crippen LogP) is 0.781. The fraction of sp³-hybridized carbons (Fsp3) is 0.111. The molecule has 0 fully saturated rings. The molecule has 1 aromatic carbocycles. The minimum atomic E-state index is -0.406. The first-order valence-electron chi connectivity index (χ1n) is 4.05. The minimum absolute atomic E-state index is 0.228. The van der Waals surface area contributed by atoms with Crippen LogP contribution < -0.4 is 10.3 Å². The number of aromatic nitrogens is 2. The monoisotopic (exact) mass is 192 g/mol. The molecule has 0 unspecified atom stereocenters. The summed E-state index contributed by atoms with van der Waals surface area (Å²) < 4.78 is 4.84. The van der Waals surface area contributed by atoms with Crippen LogP contribution in [0.15, 0.2) is 23.0 Å². The summed E-state index contributed by atoms with van der Waals surface area (Å²) in [6.07, 6.45) is 0. The zero-order valence-corrected chi connectivity index (χ0v) is 7.46. The third-order valence-corrected chi connectivity index (χ3v) is 1.81. The molecule has 0 radical (unpaired) electrons. The summed E-state index contributed by atoms with van der Waals surface area (Å²) in [4.78, 5) is 21.8. The number of nitrogens with one attached hydrogen (secondary N) is 2. The third-order valence-electron chi connectivity index (χ3n) is 1.81. The number of benzene rings is 1. The Hall–Kier alpha value is -2.04. The van der Waals surface area contributed by atoms with Crippen molar-refractivity contribution in [3.8, 4) is 5.75 Å². The average Bonchev–Trinajstić information content (AvgIpc) is 2.47. The number of esters is 1. The molecule has 5 heteroatoms. The van der Waals surface area contributed by atoms with E-state index in [1.54, 1.807) is 12.1 Å². The van der Waals surface area contributed by atoms with Gasteiger partial charge in [0.1, 0.15) is 5.75 Å². The van der Waals surface area contributed by atoms with E-state index in [0.717, 1.165) is 0 Å². The van der Waals surface area contributed by atoms with E-state index in [2.05, 4.69) is 10.2 Å². The van der Waals surface area contributed by atoms with Gasteiger partial charge in [0.05, 0.1) is 10.9 Å². The lowest BCUT2D eigenvalue weighted by Gasteiger charge is -1.99. The zero-order valence-electron chi connectivity index (χ0n) is 7.46. The molecule has 0 amide bonds. The summed E-state index contributed by atoms with van der Waals surface area (Å²) in [5.41, 5.74) is 0.458. The Morgan fingerprint density at radius 2 is 2.14 bits per heavy atom. The molecule has 0 spiro atoms. The van der Waals surface area contributed by atoms with Gasteiger partial charge in [0, 0.05) is 6.92 Å². The van der Waals surface area contributed by atoms with Crippen molar-refractivity contribution in [1.82, 2.24) is 10.2 Å². The van der Waals surface area contributed by atoms with Crippen molar-refractivity contribution in [3.63, 3.8) is 0 Å². The Morgan fingerprint density at radius 1 is 1.36 bits per heavy atom. The molecule has 2 rings (SSSR count). The summed E-state index contributed by atoms with van der Waals surface area (Å²) in [6.45, 7) is 1.31. The lowest BCUT2D eigenvalue weighted by Crippen LogP contribution is -2.02. The van der Waals surface area contributed by atoms with Crippen LogP contribution in [0.4, 0.5) is 0 Å². The van der Waals surface area contributed by atoms with Crippen LogP contribution >= 0.6 is 0 Å². The second kappa shape index (κ2) is 3.02. The highest BCUT2D eigenvalue weighted by atomic mass is 16.5. The molecule has 0 atom stereocenters. The van der Waals surface area contributed by atoms with Gasteiger partial charge in [-0.1, -0.05) is 0 Å². The minimum Gasteiger partial charge on any atom is -0.427 e. The summed E-state index contributed by atoms with van der Waals surface area (Å²) in [7, 11) is 0. The van der Waals surface area contributed by atoms with Crippen molar-refractivity contribution >= 4 is 16.9 Å². The number of fused-ring (bicyclic) bond motifs is 1. The van der Waals surface area contributed by atoms with Crippen LogP contribution in [0.1, 0.15) is 6.92 Å². The number of ether oxygens (including phenoxy) is 1. The molecular formula is C9H8N2O3. The summed E-state index contributed by atoms with van der Waals surface area (Å²) >= 11 is 0. The molecule has 2 aromatic rings. The molecule has 0 saturated heterocycles. The number of H-pyrrole nitrogens is 2. The van der Waals surface area contributed by atoms with Gasteiger partial charge in [-0.25, -0.2) is 0 Å². The number of rotatable bonds is 1. The van der Waals surface area contributed by atoms with E-state index in [0.29, 0.717) is 16.7 Å². The standard InChI is InChI=1S/C9H8N2O3/c1-5(12)14-6-2-3-8-7(4-6)9(13)11-10-8/h2-4H,1H3,(H2,10,11,13). The van der Waals surface area contributed by atoms with Gasteiger partial charge in [0.2, 0.25) is 0 Å². The molecule has 2 N–H and O–H groups in total. The molecule has 72 valence electrons. The fourth-order valence-corrected chi connectivity index (χ4v) is 1.24. The van der Waals surface area contributed by atoms with Crippen LogP contribution in [-0.4, -0.2) is 16.2 Å². The number of hydrogen-bond donors (Lipinski definition) is 2. The van der Waals surface area contributed by atoms with Crippen molar-refractivity contribution in [2.24, 2.45) is 0 Å². The Balaban J connectivity index is 2.54. The maximum Gasteiger partial charge on any atom is 0.308 e. The summed E-state index contributed by atoms with van der Waals surface area (Å²) in [5.74, 6) is -0.0357. The first-order chi connectivity index (χ1) is 6.66. The molecule has 0 saturated carbocycles. The van der Waals surface area contributed by atoms with E-state index >= 15 is 0 Å². The number of aromatic amines is 2. The van der Waals surface area contributed by atoms with Gasteiger partial charge < -0.3 is 4.74 Å². The molecule has 1 heterocycles. The average molecular weight is 192 g/mol. The van der Waals surface area contributed by atoms with Crippen molar-refractivity contribution in [3.05, 3.63) is 28.6 Å². The molecule has 0 aliphatic carbocycles. The third kappa shape index (κ3) is 1.39. The maximum absolute atomic E-state index is 11.2. The van der Waals surface area contributed by atoms with E-state index in [4.69, 9.17) is 4.74 Å². The van der Waals surface area contributed by atoms with Crippen LogP contribution in [0.3, 0.4) is 0 Å². The first-order valence-corrected chi connectivity index (χ1v) is 4.05. The van der Waals surface area contributed by atoms with Gasteiger partial charge in [-0.05, 0) is 18.2 Å². The van der Waals surface area contributed by atoms with Crippen LogP contribution in [-0.2, 0) is 4.79 Å². The molecule has 1 aromatic heterocycles. The second-order valence-electron chi connectivity index (χ2n) is 2.88. The Kier molecular flexibility index (Phi) is 1.85. The van der Waals surface area contributed by atoms with Gasteiger partial charge in [-0.3, -0.25) is 19.8 Å². The van der Waals surface area contributed by atoms with E-state index < -0.39 is 5.97 Å². The number of carbonyl (C=O) groups is 1. The normalized spacial score (nSPS) is 10.4. The first kappa shape index (κ1) is 8.55. The van der Waals surface area contributed by atoms with Gasteiger partial charge >= 0.3 is 5.97 Å². The quantitative estimate of drug-likeness (QED) is 0.518. The smallest absolute Gasteiger partial charge is 0.308 e. The van der Waals surface area contributed by atoms with Gasteiger partial charge in [-0.2, -0.15) is 0 Å². The topological polar surface area (TPSA) is 75.0 Å². The van der Waals surface area contributed by atoms with E-state index in [1.807, 2.05) is 0 Å². The predicted molar refractivity (Wildman–Crippen MR) is 50.2 cm³/mol. The highest BCUT2D eigenvalue weighted by Gasteiger charge is 2.03.